The Hall–Kier alpha value is -0.570. The molecule has 1 heterocycles. The van der Waals surface area contributed by atoms with E-state index in [-0.39, 0.29) is 17.0 Å². The van der Waals surface area contributed by atoms with Crippen LogP contribution < -0.4 is 0 Å². The molecule has 2 atom stereocenters. The van der Waals surface area contributed by atoms with Gasteiger partial charge in [-0.05, 0) is 46.0 Å². The first-order valence-electron chi connectivity index (χ1n) is 6.09. The molecule has 1 aliphatic rings. The van der Waals surface area contributed by atoms with Crippen molar-refractivity contribution in [1.29, 1.82) is 0 Å². The molecular weight excluding hydrogens is 202 g/mol. The van der Waals surface area contributed by atoms with E-state index < -0.39 is 0 Å². The molecule has 0 radical (unpaired) electrons. The van der Waals surface area contributed by atoms with E-state index in [1.807, 2.05) is 5.06 Å². The second-order valence-corrected chi connectivity index (χ2v) is 6.22. The minimum absolute atomic E-state index is 0.109. The molecule has 0 aromatic heterocycles. The van der Waals surface area contributed by atoms with Crippen LogP contribution in [0.15, 0.2) is 0 Å². The van der Waals surface area contributed by atoms with Crippen molar-refractivity contribution in [1.82, 2.24) is 5.06 Å². The SMILES string of the molecule is CC(=O)ON1C(C)(C)C(C)CC(C)C1(C)C. The summed E-state index contributed by atoms with van der Waals surface area (Å²) in [5.74, 6) is 0.784. The van der Waals surface area contributed by atoms with E-state index in [0.717, 1.165) is 6.42 Å². The van der Waals surface area contributed by atoms with Crippen LogP contribution in [0.4, 0.5) is 0 Å². The van der Waals surface area contributed by atoms with Crippen molar-refractivity contribution < 1.29 is 9.63 Å². The highest BCUT2D eigenvalue weighted by Crippen LogP contribution is 2.45. The number of rotatable bonds is 1. The number of nitrogens with zero attached hydrogens (tertiary/aromatic N) is 1. The molecule has 1 rings (SSSR count). The van der Waals surface area contributed by atoms with Crippen LogP contribution in [0.2, 0.25) is 0 Å². The van der Waals surface area contributed by atoms with Gasteiger partial charge in [-0.3, -0.25) is 4.79 Å². The summed E-state index contributed by atoms with van der Waals surface area (Å²) in [7, 11) is 0. The molecular formula is C13H25NO2. The third-order valence-electron chi connectivity index (χ3n) is 4.39. The van der Waals surface area contributed by atoms with Crippen LogP contribution in [0, 0.1) is 11.8 Å². The number of hydroxylamine groups is 2. The zero-order valence-corrected chi connectivity index (χ0v) is 11.6. The number of piperidine rings is 1. The highest BCUT2D eigenvalue weighted by Gasteiger charge is 2.51. The zero-order chi connectivity index (χ0) is 12.7. The van der Waals surface area contributed by atoms with Crippen molar-refractivity contribution in [3.8, 4) is 0 Å². The standard InChI is InChI=1S/C13H25NO2/c1-9-8-10(2)13(6,7)14(12(9,4)5)16-11(3)15/h9-10H,8H2,1-7H3. The van der Waals surface area contributed by atoms with Gasteiger partial charge in [-0.2, -0.15) is 0 Å². The Labute approximate surface area is 99.1 Å². The molecule has 0 N–H and O–H groups in total. The highest BCUT2D eigenvalue weighted by molar-refractivity contribution is 5.65. The van der Waals surface area contributed by atoms with Crippen molar-refractivity contribution in [2.75, 3.05) is 0 Å². The quantitative estimate of drug-likeness (QED) is 0.689. The van der Waals surface area contributed by atoms with E-state index in [0.29, 0.717) is 11.8 Å². The van der Waals surface area contributed by atoms with Gasteiger partial charge >= 0.3 is 5.97 Å². The number of hydrogen-bond donors (Lipinski definition) is 0. The minimum Gasteiger partial charge on any atom is -0.367 e. The molecule has 3 nitrogen and oxygen atoms in total. The molecule has 1 aliphatic heterocycles. The number of carbonyl (C=O) groups excluding carboxylic acids is 1. The third kappa shape index (κ3) is 2.10. The number of carbonyl (C=O) groups is 1. The third-order valence-corrected chi connectivity index (χ3v) is 4.39. The molecule has 0 bridgehead atoms. The molecule has 16 heavy (non-hydrogen) atoms. The first-order valence-corrected chi connectivity index (χ1v) is 6.09. The van der Waals surface area contributed by atoms with E-state index in [2.05, 4.69) is 41.5 Å². The van der Waals surface area contributed by atoms with Gasteiger partial charge in [0.05, 0.1) is 11.1 Å². The van der Waals surface area contributed by atoms with Crippen LogP contribution in [0.5, 0.6) is 0 Å². The molecule has 0 aromatic carbocycles. The van der Waals surface area contributed by atoms with Crippen molar-refractivity contribution in [2.45, 2.75) is 66.0 Å². The molecule has 0 saturated carbocycles. The maximum atomic E-state index is 11.2. The lowest BCUT2D eigenvalue weighted by Crippen LogP contribution is -2.65. The van der Waals surface area contributed by atoms with Crippen molar-refractivity contribution >= 4 is 5.97 Å². The molecule has 0 spiro atoms. The predicted molar refractivity (Wildman–Crippen MR) is 64.7 cm³/mol. The van der Waals surface area contributed by atoms with Crippen molar-refractivity contribution in [3.05, 3.63) is 0 Å². The molecule has 0 amide bonds. The summed E-state index contributed by atoms with van der Waals surface area (Å²) < 4.78 is 0. The van der Waals surface area contributed by atoms with Crippen molar-refractivity contribution in [2.24, 2.45) is 11.8 Å². The molecule has 0 aliphatic carbocycles. The van der Waals surface area contributed by atoms with Gasteiger partial charge in [-0.15, -0.1) is 5.06 Å². The van der Waals surface area contributed by atoms with Gasteiger partial charge in [0.2, 0.25) is 0 Å². The Balaban J connectivity index is 3.06. The smallest absolute Gasteiger partial charge is 0.322 e. The fourth-order valence-corrected chi connectivity index (χ4v) is 2.61. The lowest BCUT2D eigenvalue weighted by molar-refractivity contribution is -0.286. The van der Waals surface area contributed by atoms with Crippen LogP contribution in [-0.2, 0) is 9.63 Å². The van der Waals surface area contributed by atoms with Crippen molar-refractivity contribution in [3.63, 3.8) is 0 Å². The van der Waals surface area contributed by atoms with Crippen LogP contribution in [-0.4, -0.2) is 22.1 Å². The fourth-order valence-electron chi connectivity index (χ4n) is 2.61. The highest BCUT2D eigenvalue weighted by atomic mass is 16.7. The number of hydrogen-bond acceptors (Lipinski definition) is 3. The van der Waals surface area contributed by atoms with E-state index in [1.165, 1.54) is 6.92 Å². The monoisotopic (exact) mass is 227 g/mol. The van der Waals surface area contributed by atoms with Crippen LogP contribution in [0.25, 0.3) is 0 Å². The lowest BCUT2D eigenvalue weighted by atomic mass is 9.69. The Bertz CT molecular complexity index is 264. The molecule has 3 heteroatoms. The van der Waals surface area contributed by atoms with Gasteiger partial charge in [0.1, 0.15) is 0 Å². The second kappa shape index (κ2) is 4.02. The van der Waals surface area contributed by atoms with Gasteiger partial charge in [0.25, 0.3) is 0 Å². The van der Waals surface area contributed by atoms with Crippen LogP contribution >= 0.6 is 0 Å². The topological polar surface area (TPSA) is 29.5 Å². The summed E-state index contributed by atoms with van der Waals surface area (Å²) in [5, 5.41) is 1.90. The van der Waals surface area contributed by atoms with Crippen LogP contribution in [0.3, 0.4) is 0 Å². The van der Waals surface area contributed by atoms with Gasteiger partial charge in [-0.1, -0.05) is 13.8 Å². The predicted octanol–water partition coefficient (Wildman–Crippen LogP) is 3.00. The van der Waals surface area contributed by atoms with E-state index >= 15 is 0 Å². The minimum atomic E-state index is -0.234. The molecule has 1 saturated heterocycles. The average Bonchev–Trinajstić information content (AvgIpc) is 2.11. The molecule has 2 unspecified atom stereocenters. The Kier molecular flexibility index (Phi) is 3.39. The normalized spacial score (nSPS) is 33.4. The summed E-state index contributed by atoms with van der Waals surface area (Å²) in [6, 6.07) is 0. The van der Waals surface area contributed by atoms with E-state index in [9.17, 15) is 4.79 Å². The Morgan fingerprint density at radius 1 is 1.12 bits per heavy atom. The first-order chi connectivity index (χ1) is 7.10. The molecule has 0 aromatic rings. The summed E-state index contributed by atoms with van der Waals surface area (Å²) >= 11 is 0. The van der Waals surface area contributed by atoms with Gasteiger partial charge in [-0.25, -0.2) is 0 Å². The summed E-state index contributed by atoms with van der Waals surface area (Å²) in [5.41, 5.74) is -0.219. The second-order valence-electron chi connectivity index (χ2n) is 6.22. The lowest BCUT2D eigenvalue weighted by Gasteiger charge is -2.56. The zero-order valence-electron chi connectivity index (χ0n) is 11.6. The van der Waals surface area contributed by atoms with Gasteiger partial charge in [0.15, 0.2) is 0 Å². The summed E-state index contributed by atoms with van der Waals surface area (Å²) in [4.78, 5) is 16.7. The van der Waals surface area contributed by atoms with Gasteiger partial charge in [0, 0.05) is 6.92 Å². The largest absolute Gasteiger partial charge is 0.367 e. The Morgan fingerprint density at radius 2 is 1.50 bits per heavy atom. The maximum absolute atomic E-state index is 11.2. The molecule has 1 fully saturated rings. The first kappa shape index (κ1) is 13.5. The van der Waals surface area contributed by atoms with Crippen LogP contribution in [0.1, 0.15) is 54.9 Å². The van der Waals surface area contributed by atoms with E-state index in [1.54, 1.807) is 0 Å². The maximum Gasteiger partial charge on any atom is 0.322 e. The summed E-state index contributed by atoms with van der Waals surface area (Å²) in [6.45, 7) is 14.5. The Morgan fingerprint density at radius 3 is 1.81 bits per heavy atom. The average molecular weight is 227 g/mol. The van der Waals surface area contributed by atoms with Gasteiger partial charge < -0.3 is 4.84 Å². The molecule has 94 valence electrons. The van der Waals surface area contributed by atoms with E-state index in [4.69, 9.17) is 4.84 Å². The summed E-state index contributed by atoms with van der Waals surface area (Å²) in [6.07, 6.45) is 1.16. The fraction of sp³-hybridized carbons (Fsp3) is 0.923.